The Morgan fingerprint density at radius 1 is 1.16 bits per heavy atom. The van der Waals surface area contributed by atoms with Crippen molar-refractivity contribution in [3.8, 4) is 5.75 Å². The van der Waals surface area contributed by atoms with Gasteiger partial charge >= 0.3 is 0 Å². The number of hydrogen-bond acceptors (Lipinski definition) is 3. The van der Waals surface area contributed by atoms with Crippen molar-refractivity contribution in [3.63, 3.8) is 0 Å². The highest BCUT2D eigenvalue weighted by Gasteiger charge is 2.26. The van der Waals surface area contributed by atoms with E-state index >= 15 is 0 Å². The summed E-state index contributed by atoms with van der Waals surface area (Å²) in [5, 5.41) is 2.87. The zero-order valence-electron chi connectivity index (χ0n) is 18.5. The molecule has 0 saturated carbocycles. The molecule has 31 heavy (non-hydrogen) atoms. The van der Waals surface area contributed by atoms with E-state index in [0.717, 1.165) is 34.0 Å². The zero-order valence-corrected chi connectivity index (χ0v) is 20.1. The van der Waals surface area contributed by atoms with Gasteiger partial charge in [-0.15, -0.1) is 0 Å². The van der Waals surface area contributed by atoms with Gasteiger partial charge in [-0.05, 0) is 68.1 Å². The number of aryl methyl sites for hydroxylation is 2. The minimum absolute atomic E-state index is 0.184. The largest absolute Gasteiger partial charge is 0.484 e. The van der Waals surface area contributed by atoms with Crippen LogP contribution in [0.25, 0.3) is 0 Å². The Balaban J connectivity index is 2.14. The third-order valence-electron chi connectivity index (χ3n) is 5.04. The van der Waals surface area contributed by atoms with Crippen LogP contribution in [0.4, 0.5) is 4.39 Å². The van der Waals surface area contributed by atoms with E-state index in [-0.39, 0.29) is 30.8 Å². The van der Waals surface area contributed by atoms with Gasteiger partial charge in [-0.3, -0.25) is 9.59 Å². The number of nitrogens with zero attached hydrogens (tertiary/aromatic N) is 1. The van der Waals surface area contributed by atoms with Gasteiger partial charge < -0.3 is 15.0 Å². The number of rotatable bonds is 10. The molecule has 0 aliphatic carbocycles. The second kappa shape index (κ2) is 11.8. The highest BCUT2D eigenvalue weighted by atomic mass is 79.9. The van der Waals surface area contributed by atoms with E-state index in [1.54, 1.807) is 19.1 Å². The van der Waals surface area contributed by atoms with E-state index in [2.05, 4.69) is 21.2 Å². The smallest absolute Gasteiger partial charge is 0.261 e. The fourth-order valence-electron chi connectivity index (χ4n) is 3.12. The summed E-state index contributed by atoms with van der Waals surface area (Å²) < 4.78 is 20.0. The molecule has 0 aliphatic heterocycles. The molecule has 0 fully saturated rings. The number of amides is 2. The number of ether oxygens (including phenoxy) is 1. The van der Waals surface area contributed by atoms with Gasteiger partial charge in [0.1, 0.15) is 17.6 Å². The minimum atomic E-state index is -0.689. The monoisotopic (exact) mass is 492 g/mol. The molecule has 168 valence electrons. The van der Waals surface area contributed by atoms with Crippen molar-refractivity contribution >= 4 is 27.7 Å². The van der Waals surface area contributed by atoms with Gasteiger partial charge in [0.2, 0.25) is 5.91 Å². The Morgan fingerprint density at radius 3 is 2.35 bits per heavy atom. The normalized spacial score (nSPS) is 11.7. The molecule has 1 atom stereocenters. The lowest BCUT2D eigenvalue weighted by molar-refractivity contribution is -0.142. The molecule has 0 heterocycles. The van der Waals surface area contributed by atoms with Gasteiger partial charge in [0.15, 0.2) is 6.61 Å². The van der Waals surface area contributed by atoms with E-state index in [0.29, 0.717) is 12.3 Å². The third-order valence-corrected chi connectivity index (χ3v) is 6.29. The predicted molar refractivity (Wildman–Crippen MR) is 123 cm³/mol. The van der Waals surface area contributed by atoms with Crippen LogP contribution in [0.15, 0.2) is 40.9 Å². The number of halogens is 2. The van der Waals surface area contributed by atoms with Crippen molar-refractivity contribution in [2.75, 3.05) is 13.2 Å². The molecular weight excluding hydrogens is 463 g/mol. The highest BCUT2D eigenvalue weighted by molar-refractivity contribution is 9.10. The first-order valence-corrected chi connectivity index (χ1v) is 11.2. The number of unbranched alkanes of at least 4 members (excludes halogenated alkanes) is 1. The van der Waals surface area contributed by atoms with Crippen molar-refractivity contribution in [3.05, 3.63) is 63.4 Å². The van der Waals surface area contributed by atoms with Gasteiger partial charge in [-0.25, -0.2) is 4.39 Å². The van der Waals surface area contributed by atoms with Crippen LogP contribution in [0.5, 0.6) is 5.75 Å². The standard InChI is InChI=1S/C24H30BrFN2O3/c1-5-6-11-27-24(30)18(4)28(14-19-7-9-20(26)10-8-19)22(29)15-31-21-12-16(2)23(25)17(3)13-21/h7-10,12-13,18H,5-6,11,14-15H2,1-4H3,(H,27,30)/t18-/m1/s1. The van der Waals surface area contributed by atoms with E-state index in [1.165, 1.54) is 17.0 Å². The Hall–Kier alpha value is -2.41. The molecule has 0 spiro atoms. The number of carbonyl (C=O) groups excluding carboxylic acids is 2. The molecular formula is C24H30BrFN2O3. The summed E-state index contributed by atoms with van der Waals surface area (Å²) >= 11 is 3.52. The molecule has 0 bridgehead atoms. The second-order valence-electron chi connectivity index (χ2n) is 7.63. The van der Waals surface area contributed by atoms with Crippen LogP contribution in [0.1, 0.15) is 43.4 Å². The fraction of sp³-hybridized carbons (Fsp3) is 0.417. The van der Waals surface area contributed by atoms with Crippen LogP contribution in [-0.4, -0.2) is 35.9 Å². The molecule has 2 aromatic carbocycles. The van der Waals surface area contributed by atoms with Gasteiger partial charge in [0, 0.05) is 17.6 Å². The Morgan fingerprint density at radius 2 is 1.77 bits per heavy atom. The summed E-state index contributed by atoms with van der Waals surface area (Å²) in [6, 6.07) is 8.93. The maximum Gasteiger partial charge on any atom is 0.261 e. The first-order valence-electron chi connectivity index (χ1n) is 10.4. The van der Waals surface area contributed by atoms with Gasteiger partial charge in [0.25, 0.3) is 5.91 Å². The van der Waals surface area contributed by atoms with E-state index in [1.807, 2.05) is 32.9 Å². The van der Waals surface area contributed by atoms with E-state index < -0.39 is 6.04 Å². The van der Waals surface area contributed by atoms with Crippen molar-refractivity contribution in [1.29, 1.82) is 0 Å². The quantitative estimate of drug-likeness (QED) is 0.479. The molecule has 2 aromatic rings. The van der Waals surface area contributed by atoms with Gasteiger partial charge in [0.05, 0.1) is 0 Å². The van der Waals surface area contributed by atoms with E-state index in [4.69, 9.17) is 4.74 Å². The lowest BCUT2D eigenvalue weighted by Gasteiger charge is -2.29. The second-order valence-corrected chi connectivity index (χ2v) is 8.42. The van der Waals surface area contributed by atoms with Crippen LogP contribution in [-0.2, 0) is 16.1 Å². The van der Waals surface area contributed by atoms with Crippen molar-refractivity contribution in [2.45, 2.75) is 53.1 Å². The lowest BCUT2D eigenvalue weighted by Crippen LogP contribution is -2.49. The molecule has 2 rings (SSSR count). The SMILES string of the molecule is CCCCNC(=O)[C@@H](C)N(Cc1ccc(F)cc1)C(=O)COc1cc(C)c(Br)c(C)c1. The summed E-state index contributed by atoms with van der Waals surface area (Å²) in [5.41, 5.74) is 2.75. The number of carbonyl (C=O) groups is 2. The van der Waals surface area contributed by atoms with Crippen molar-refractivity contribution < 1.29 is 18.7 Å². The zero-order chi connectivity index (χ0) is 23.0. The van der Waals surface area contributed by atoms with Gasteiger partial charge in [-0.1, -0.05) is 41.4 Å². The average molecular weight is 493 g/mol. The first-order chi connectivity index (χ1) is 14.7. The number of benzene rings is 2. The van der Waals surface area contributed by atoms with Crippen molar-refractivity contribution in [2.24, 2.45) is 0 Å². The molecule has 5 nitrogen and oxygen atoms in total. The highest BCUT2D eigenvalue weighted by Crippen LogP contribution is 2.26. The fourth-order valence-corrected chi connectivity index (χ4v) is 3.35. The minimum Gasteiger partial charge on any atom is -0.484 e. The van der Waals surface area contributed by atoms with Crippen LogP contribution in [0.3, 0.4) is 0 Å². The summed E-state index contributed by atoms with van der Waals surface area (Å²) in [6.07, 6.45) is 1.84. The lowest BCUT2D eigenvalue weighted by atomic mass is 10.1. The predicted octanol–water partition coefficient (Wildman–Crippen LogP) is 4.92. The first kappa shape index (κ1) is 24.9. The van der Waals surface area contributed by atoms with Crippen LogP contribution < -0.4 is 10.1 Å². The number of nitrogens with one attached hydrogen (secondary N) is 1. The van der Waals surface area contributed by atoms with Crippen LogP contribution in [0.2, 0.25) is 0 Å². The Labute approximate surface area is 192 Å². The molecule has 2 amide bonds. The molecule has 0 unspecified atom stereocenters. The number of hydrogen-bond donors (Lipinski definition) is 1. The summed E-state index contributed by atoms with van der Waals surface area (Å²) in [7, 11) is 0. The van der Waals surface area contributed by atoms with Crippen LogP contribution >= 0.6 is 15.9 Å². The Bertz CT molecular complexity index is 879. The van der Waals surface area contributed by atoms with E-state index in [9.17, 15) is 14.0 Å². The molecule has 7 heteroatoms. The average Bonchev–Trinajstić information content (AvgIpc) is 2.74. The van der Waals surface area contributed by atoms with Crippen molar-refractivity contribution in [1.82, 2.24) is 10.2 Å². The summed E-state index contributed by atoms with van der Waals surface area (Å²) in [4.78, 5) is 27.1. The van der Waals surface area contributed by atoms with Crippen LogP contribution in [0, 0.1) is 19.7 Å². The molecule has 0 aromatic heterocycles. The third kappa shape index (κ3) is 7.35. The maximum atomic E-state index is 13.3. The topological polar surface area (TPSA) is 58.6 Å². The summed E-state index contributed by atoms with van der Waals surface area (Å²) in [5.74, 6) is -0.301. The van der Waals surface area contributed by atoms with Gasteiger partial charge in [-0.2, -0.15) is 0 Å². The maximum absolute atomic E-state index is 13.3. The molecule has 0 saturated heterocycles. The Kier molecular flexibility index (Phi) is 9.49. The molecule has 0 radical (unpaired) electrons. The summed E-state index contributed by atoms with van der Waals surface area (Å²) in [6.45, 7) is 8.19. The molecule has 0 aliphatic rings. The molecule has 1 N–H and O–H groups in total.